The molecule has 0 aliphatic carbocycles. The van der Waals surface area contributed by atoms with Crippen molar-refractivity contribution in [1.82, 2.24) is 9.78 Å². The van der Waals surface area contributed by atoms with Gasteiger partial charge < -0.3 is 15.2 Å². The van der Waals surface area contributed by atoms with Crippen LogP contribution in [-0.4, -0.2) is 28.1 Å². The maximum absolute atomic E-state index is 12.6. The van der Waals surface area contributed by atoms with Crippen molar-refractivity contribution in [3.05, 3.63) is 69.5 Å². The first-order chi connectivity index (χ1) is 14.3. The highest BCUT2D eigenvalue weighted by atomic mass is 35.5. The average molecular weight is 427 g/mol. The second kappa shape index (κ2) is 8.43. The van der Waals surface area contributed by atoms with Crippen molar-refractivity contribution in [1.29, 1.82) is 5.26 Å². The van der Waals surface area contributed by atoms with Crippen molar-refractivity contribution in [2.24, 2.45) is 5.73 Å². The number of halogens is 1. The minimum absolute atomic E-state index is 0.0134. The standard InChI is InChI=1S/C21H19ClN4O4/c1-4-29-21(28)18-12(3)30-20(24)15(10-23)19(18)16-9-17(11(2)27)26(25-16)14-7-5-13(22)6-8-14/h5-9,19H,4,24H2,1-3H3. The van der Waals surface area contributed by atoms with Crippen molar-refractivity contribution in [2.45, 2.75) is 26.7 Å². The monoisotopic (exact) mass is 426 g/mol. The van der Waals surface area contributed by atoms with Crippen LogP contribution in [0.25, 0.3) is 5.69 Å². The van der Waals surface area contributed by atoms with Gasteiger partial charge >= 0.3 is 5.97 Å². The lowest BCUT2D eigenvalue weighted by molar-refractivity contribution is -0.139. The Bertz CT molecular complexity index is 1120. The van der Waals surface area contributed by atoms with E-state index in [1.54, 1.807) is 38.1 Å². The minimum Gasteiger partial charge on any atom is -0.463 e. The highest BCUT2D eigenvalue weighted by Gasteiger charge is 2.38. The zero-order valence-electron chi connectivity index (χ0n) is 16.6. The van der Waals surface area contributed by atoms with Gasteiger partial charge in [-0.05, 0) is 44.2 Å². The van der Waals surface area contributed by atoms with Crippen molar-refractivity contribution < 1.29 is 19.1 Å². The molecule has 2 heterocycles. The highest BCUT2D eigenvalue weighted by Crippen LogP contribution is 2.39. The van der Waals surface area contributed by atoms with Gasteiger partial charge in [0.15, 0.2) is 5.78 Å². The van der Waals surface area contributed by atoms with E-state index in [0.29, 0.717) is 16.4 Å². The van der Waals surface area contributed by atoms with E-state index in [4.69, 9.17) is 26.8 Å². The number of rotatable bonds is 5. The van der Waals surface area contributed by atoms with Gasteiger partial charge in [-0.25, -0.2) is 9.48 Å². The lowest BCUT2D eigenvalue weighted by atomic mass is 9.86. The summed E-state index contributed by atoms with van der Waals surface area (Å²) in [5.41, 5.74) is 7.19. The normalized spacial score (nSPS) is 16.2. The van der Waals surface area contributed by atoms with E-state index in [1.165, 1.54) is 17.7 Å². The number of ether oxygens (including phenoxy) is 2. The molecule has 1 unspecified atom stereocenters. The molecule has 1 aromatic heterocycles. The second-order valence-corrected chi connectivity index (χ2v) is 6.95. The number of carbonyl (C=O) groups is 2. The number of nitrogens with two attached hydrogens (primary N) is 1. The Morgan fingerprint density at radius 3 is 2.60 bits per heavy atom. The minimum atomic E-state index is -0.936. The molecule has 1 aliphatic rings. The van der Waals surface area contributed by atoms with Crippen LogP contribution in [0.2, 0.25) is 5.02 Å². The maximum atomic E-state index is 12.6. The summed E-state index contributed by atoms with van der Waals surface area (Å²) in [4.78, 5) is 24.9. The molecule has 30 heavy (non-hydrogen) atoms. The number of hydrogen-bond donors (Lipinski definition) is 1. The van der Waals surface area contributed by atoms with Gasteiger partial charge in [-0.15, -0.1) is 0 Å². The lowest BCUT2D eigenvalue weighted by Gasteiger charge is -2.25. The second-order valence-electron chi connectivity index (χ2n) is 6.51. The number of esters is 1. The number of nitriles is 1. The first kappa shape index (κ1) is 21.1. The fraction of sp³-hybridized carbons (Fsp3) is 0.238. The molecule has 9 heteroatoms. The number of benzene rings is 1. The molecule has 1 atom stereocenters. The smallest absolute Gasteiger partial charge is 0.338 e. The Hall–Kier alpha value is -3.57. The van der Waals surface area contributed by atoms with E-state index < -0.39 is 11.9 Å². The molecule has 3 rings (SSSR count). The van der Waals surface area contributed by atoms with Crippen LogP contribution in [0.5, 0.6) is 0 Å². The van der Waals surface area contributed by atoms with Gasteiger partial charge in [0.05, 0.1) is 29.5 Å². The molecule has 0 bridgehead atoms. The maximum Gasteiger partial charge on any atom is 0.338 e. The zero-order valence-corrected chi connectivity index (χ0v) is 17.4. The van der Waals surface area contributed by atoms with E-state index in [1.807, 2.05) is 6.07 Å². The summed E-state index contributed by atoms with van der Waals surface area (Å²) < 4.78 is 12.0. The van der Waals surface area contributed by atoms with E-state index in [-0.39, 0.29) is 40.9 Å². The number of aromatic nitrogens is 2. The number of carbonyl (C=O) groups excluding carboxylic acids is 2. The van der Waals surface area contributed by atoms with E-state index in [9.17, 15) is 14.9 Å². The van der Waals surface area contributed by atoms with Crippen molar-refractivity contribution in [2.75, 3.05) is 6.61 Å². The number of nitrogens with zero attached hydrogens (tertiary/aromatic N) is 3. The fourth-order valence-electron chi connectivity index (χ4n) is 3.22. The SMILES string of the molecule is CCOC(=O)C1=C(C)OC(N)=C(C#N)C1c1cc(C(C)=O)n(-c2ccc(Cl)cc2)n1. The van der Waals surface area contributed by atoms with E-state index in [0.717, 1.165) is 0 Å². The van der Waals surface area contributed by atoms with Crippen LogP contribution in [0.4, 0.5) is 0 Å². The zero-order chi connectivity index (χ0) is 22.0. The van der Waals surface area contributed by atoms with E-state index in [2.05, 4.69) is 5.10 Å². The van der Waals surface area contributed by atoms with Crippen molar-refractivity contribution in [3.8, 4) is 11.8 Å². The number of Topliss-reactive ketones (excluding diaryl/α,β-unsaturated/α-hetero) is 1. The van der Waals surface area contributed by atoms with Crippen LogP contribution in [0.15, 0.2) is 53.1 Å². The van der Waals surface area contributed by atoms with Gasteiger partial charge in [0, 0.05) is 11.9 Å². The summed E-state index contributed by atoms with van der Waals surface area (Å²) in [6.45, 7) is 4.77. The van der Waals surface area contributed by atoms with Gasteiger partial charge in [0.25, 0.3) is 0 Å². The summed E-state index contributed by atoms with van der Waals surface area (Å²) in [6, 6.07) is 10.3. The van der Waals surface area contributed by atoms with Crippen LogP contribution in [0.3, 0.4) is 0 Å². The predicted octanol–water partition coefficient (Wildman–Crippen LogP) is 3.37. The fourth-order valence-corrected chi connectivity index (χ4v) is 3.35. The summed E-state index contributed by atoms with van der Waals surface area (Å²) >= 11 is 5.96. The van der Waals surface area contributed by atoms with Gasteiger partial charge in [-0.3, -0.25) is 4.79 Å². The van der Waals surface area contributed by atoms with Crippen LogP contribution in [0.1, 0.15) is 42.9 Å². The third kappa shape index (κ3) is 3.80. The van der Waals surface area contributed by atoms with Crippen LogP contribution < -0.4 is 5.73 Å². The average Bonchev–Trinajstić information content (AvgIpc) is 3.13. The molecular weight excluding hydrogens is 408 g/mol. The lowest BCUT2D eigenvalue weighted by Crippen LogP contribution is -2.26. The molecule has 0 amide bonds. The Balaban J connectivity index is 2.22. The van der Waals surface area contributed by atoms with Gasteiger partial charge in [-0.2, -0.15) is 10.4 Å². The van der Waals surface area contributed by atoms with Crippen molar-refractivity contribution in [3.63, 3.8) is 0 Å². The Labute approximate surface area is 178 Å². The Morgan fingerprint density at radius 2 is 2.03 bits per heavy atom. The first-order valence-electron chi connectivity index (χ1n) is 9.10. The molecule has 0 fully saturated rings. The van der Waals surface area contributed by atoms with Gasteiger partial charge in [0.1, 0.15) is 23.1 Å². The molecule has 0 saturated heterocycles. The van der Waals surface area contributed by atoms with Crippen LogP contribution in [-0.2, 0) is 14.3 Å². The summed E-state index contributed by atoms with van der Waals surface area (Å²) in [7, 11) is 0. The summed E-state index contributed by atoms with van der Waals surface area (Å²) in [5.74, 6) is -1.75. The molecule has 8 nitrogen and oxygen atoms in total. The molecule has 0 spiro atoms. The van der Waals surface area contributed by atoms with Crippen LogP contribution in [0, 0.1) is 11.3 Å². The number of hydrogen-bond acceptors (Lipinski definition) is 7. The Morgan fingerprint density at radius 1 is 1.37 bits per heavy atom. The third-order valence-electron chi connectivity index (χ3n) is 4.56. The molecule has 2 aromatic rings. The molecule has 0 radical (unpaired) electrons. The molecule has 1 aliphatic heterocycles. The molecule has 2 N–H and O–H groups in total. The summed E-state index contributed by atoms with van der Waals surface area (Å²) in [5, 5.41) is 14.7. The third-order valence-corrected chi connectivity index (χ3v) is 4.81. The summed E-state index contributed by atoms with van der Waals surface area (Å²) in [6.07, 6.45) is 0. The number of allylic oxidation sites excluding steroid dienone is 2. The molecule has 1 aromatic carbocycles. The Kier molecular flexibility index (Phi) is 5.94. The van der Waals surface area contributed by atoms with Crippen molar-refractivity contribution >= 4 is 23.4 Å². The predicted molar refractivity (Wildman–Crippen MR) is 109 cm³/mol. The molecule has 154 valence electrons. The molecule has 0 saturated carbocycles. The van der Waals surface area contributed by atoms with E-state index >= 15 is 0 Å². The van der Waals surface area contributed by atoms with Crippen LogP contribution >= 0.6 is 11.6 Å². The quantitative estimate of drug-likeness (QED) is 0.574. The number of ketones is 1. The topological polar surface area (TPSA) is 120 Å². The highest BCUT2D eigenvalue weighted by molar-refractivity contribution is 6.30. The van der Waals surface area contributed by atoms with Gasteiger partial charge in [0.2, 0.25) is 5.88 Å². The molecular formula is C21H19ClN4O4. The first-order valence-corrected chi connectivity index (χ1v) is 9.48. The largest absolute Gasteiger partial charge is 0.463 e. The van der Waals surface area contributed by atoms with Gasteiger partial charge in [-0.1, -0.05) is 11.6 Å².